The maximum absolute atomic E-state index is 12.6. The Labute approximate surface area is 206 Å². The molecule has 178 valence electrons. The molecule has 0 aliphatic carbocycles. The van der Waals surface area contributed by atoms with Crippen LogP contribution >= 0.6 is 23.2 Å². The number of unbranched alkanes of at least 4 members (excludes halogenated alkanes) is 1. The molecule has 0 unspecified atom stereocenters. The van der Waals surface area contributed by atoms with E-state index in [0.29, 0.717) is 28.7 Å². The molecule has 2 aromatic carbocycles. The lowest BCUT2D eigenvalue weighted by Crippen LogP contribution is -2.47. The fourth-order valence-electron chi connectivity index (χ4n) is 4.08. The molecule has 1 fully saturated rings. The largest absolute Gasteiger partial charge is 0.369 e. The van der Waals surface area contributed by atoms with Gasteiger partial charge in [-0.1, -0.05) is 41.4 Å². The van der Waals surface area contributed by atoms with E-state index in [-0.39, 0.29) is 11.8 Å². The second-order valence-corrected chi connectivity index (χ2v) is 9.33. The van der Waals surface area contributed by atoms with Gasteiger partial charge in [0.15, 0.2) is 0 Å². The SMILES string of the molecule is CC(=O)NCc1ccccc1N1CCN(CCCCN(C)C(=O)c2cc(Cl)cc(Cl)c2)CC1. The Kier molecular flexibility index (Phi) is 9.41. The van der Waals surface area contributed by atoms with Gasteiger partial charge >= 0.3 is 0 Å². The monoisotopic (exact) mass is 490 g/mol. The van der Waals surface area contributed by atoms with Gasteiger partial charge in [0.05, 0.1) is 0 Å². The first-order valence-electron chi connectivity index (χ1n) is 11.3. The van der Waals surface area contributed by atoms with Crippen LogP contribution in [0.2, 0.25) is 10.0 Å². The normalized spacial score (nSPS) is 14.2. The highest BCUT2D eigenvalue weighted by Gasteiger charge is 2.19. The van der Waals surface area contributed by atoms with E-state index in [9.17, 15) is 9.59 Å². The molecule has 3 rings (SSSR count). The van der Waals surface area contributed by atoms with Crippen LogP contribution in [0.5, 0.6) is 0 Å². The topological polar surface area (TPSA) is 55.9 Å². The summed E-state index contributed by atoms with van der Waals surface area (Å²) in [6.07, 6.45) is 1.98. The number of hydrogen-bond acceptors (Lipinski definition) is 4. The van der Waals surface area contributed by atoms with Crippen molar-refractivity contribution in [2.75, 3.05) is 51.2 Å². The first-order chi connectivity index (χ1) is 15.8. The lowest BCUT2D eigenvalue weighted by molar-refractivity contribution is -0.119. The van der Waals surface area contributed by atoms with Crippen molar-refractivity contribution >= 4 is 40.7 Å². The van der Waals surface area contributed by atoms with Gasteiger partial charge < -0.3 is 15.1 Å². The molecular weight excluding hydrogens is 459 g/mol. The second kappa shape index (κ2) is 12.3. The summed E-state index contributed by atoms with van der Waals surface area (Å²) >= 11 is 12.0. The average molecular weight is 491 g/mol. The highest BCUT2D eigenvalue weighted by molar-refractivity contribution is 6.35. The van der Waals surface area contributed by atoms with Gasteiger partial charge in [0, 0.05) is 74.5 Å². The fraction of sp³-hybridized carbons (Fsp3) is 0.440. The summed E-state index contributed by atoms with van der Waals surface area (Å²) in [6, 6.07) is 13.2. The molecule has 2 amide bonds. The van der Waals surface area contributed by atoms with Crippen LogP contribution < -0.4 is 10.2 Å². The molecule has 0 saturated carbocycles. The standard InChI is InChI=1S/C25H32Cl2N4O2/c1-19(32)28-18-20-7-3-4-8-24(20)31-13-11-30(12-14-31)10-6-5-9-29(2)25(33)21-15-22(26)17-23(27)16-21/h3-4,7-8,15-17H,5-6,9-14,18H2,1-2H3,(H,28,32). The molecule has 1 N–H and O–H groups in total. The average Bonchev–Trinajstić information content (AvgIpc) is 2.80. The summed E-state index contributed by atoms with van der Waals surface area (Å²) in [5.74, 6) is -0.0794. The van der Waals surface area contributed by atoms with E-state index in [2.05, 4.69) is 27.2 Å². The van der Waals surface area contributed by atoms with E-state index >= 15 is 0 Å². The number of amides is 2. The van der Waals surface area contributed by atoms with Crippen LogP contribution in [-0.2, 0) is 11.3 Å². The van der Waals surface area contributed by atoms with Gasteiger partial charge in [-0.15, -0.1) is 0 Å². The molecule has 1 aliphatic rings. The van der Waals surface area contributed by atoms with E-state index in [4.69, 9.17) is 23.2 Å². The zero-order chi connectivity index (χ0) is 23.8. The van der Waals surface area contributed by atoms with Gasteiger partial charge in [0.25, 0.3) is 5.91 Å². The van der Waals surface area contributed by atoms with Crippen molar-refractivity contribution in [3.8, 4) is 0 Å². The van der Waals surface area contributed by atoms with Crippen molar-refractivity contribution in [2.45, 2.75) is 26.3 Å². The summed E-state index contributed by atoms with van der Waals surface area (Å²) < 4.78 is 0. The van der Waals surface area contributed by atoms with Crippen LogP contribution in [-0.4, -0.2) is 67.9 Å². The van der Waals surface area contributed by atoms with Crippen molar-refractivity contribution in [1.82, 2.24) is 15.1 Å². The predicted molar refractivity (Wildman–Crippen MR) is 135 cm³/mol. The van der Waals surface area contributed by atoms with Crippen molar-refractivity contribution < 1.29 is 9.59 Å². The van der Waals surface area contributed by atoms with Gasteiger partial charge in [0.1, 0.15) is 0 Å². The molecule has 1 heterocycles. The molecule has 1 aliphatic heterocycles. The molecule has 0 spiro atoms. The zero-order valence-corrected chi connectivity index (χ0v) is 20.8. The van der Waals surface area contributed by atoms with Crippen LogP contribution in [0.4, 0.5) is 5.69 Å². The van der Waals surface area contributed by atoms with Crippen LogP contribution in [0.15, 0.2) is 42.5 Å². The quantitative estimate of drug-likeness (QED) is 0.532. The summed E-state index contributed by atoms with van der Waals surface area (Å²) in [6.45, 7) is 7.75. The van der Waals surface area contributed by atoms with Crippen molar-refractivity contribution in [3.05, 3.63) is 63.6 Å². The number of carbonyl (C=O) groups is 2. The number of para-hydroxylation sites is 1. The maximum atomic E-state index is 12.6. The lowest BCUT2D eigenvalue weighted by atomic mass is 10.1. The van der Waals surface area contributed by atoms with Crippen LogP contribution in [0.3, 0.4) is 0 Å². The second-order valence-electron chi connectivity index (χ2n) is 8.46. The first kappa shape index (κ1) is 25.3. The lowest BCUT2D eigenvalue weighted by Gasteiger charge is -2.37. The number of anilines is 1. The smallest absolute Gasteiger partial charge is 0.253 e. The van der Waals surface area contributed by atoms with Crippen molar-refractivity contribution in [2.24, 2.45) is 0 Å². The Bertz CT molecular complexity index is 941. The first-order valence-corrected chi connectivity index (χ1v) is 12.1. The molecule has 0 aromatic heterocycles. The Morgan fingerprint density at radius 2 is 1.67 bits per heavy atom. The van der Waals surface area contributed by atoms with Crippen LogP contribution in [0.25, 0.3) is 0 Å². The number of nitrogens with one attached hydrogen (secondary N) is 1. The minimum Gasteiger partial charge on any atom is -0.369 e. The van der Waals surface area contributed by atoms with Crippen LogP contribution in [0, 0.1) is 0 Å². The van der Waals surface area contributed by atoms with Crippen molar-refractivity contribution in [1.29, 1.82) is 0 Å². The van der Waals surface area contributed by atoms with Gasteiger partial charge in [-0.05, 0) is 49.2 Å². The van der Waals surface area contributed by atoms with Gasteiger partial charge in [-0.2, -0.15) is 0 Å². The van der Waals surface area contributed by atoms with E-state index in [1.165, 1.54) is 5.69 Å². The summed E-state index contributed by atoms with van der Waals surface area (Å²) in [5, 5.41) is 3.84. The molecule has 0 atom stereocenters. The number of benzene rings is 2. The molecule has 6 nitrogen and oxygen atoms in total. The molecule has 33 heavy (non-hydrogen) atoms. The minimum absolute atomic E-state index is 0.0154. The third-order valence-electron chi connectivity index (χ3n) is 5.91. The fourth-order valence-corrected chi connectivity index (χ4v) is 4.61. The van der Waals surface area contributed by atoms with Gasteiger partial charge in [0.2, 0.25) is 5.91 Å². The number of carbonyl (C=O) groups excluding carboxylic acids is 2. The number of piperazine rings is 1. The van der Waals surface area contributed by atoms with Gasteiger partial charge in [-0.3, -0.25) is 14.5 Å². The molecule has 2 aromatic rings. The molecule has 8 heteroatoms. The molecule has 0 radical (unpaired) electrons. The highest BCUT2D eigenvalue weighted by Crippen LogP contribution is 2.22. The van der Waals surface area contributed by atoms with E-state index in [0.717, 1.165) is 51.1 Å². The van der Waals surface area contributed by atoms with Gasteiger partial charge in [-0.25, -0.2) is 0 Å². The Hall–Kier alpha value is -2.28. The number of rotatable bonds is 9. The third kappa shape index (κ3) is 7.63. The van der Waals surface area contributed by atoms with E-state index < -0.39 is 0 Å². The number of halogens is 2. The summed E-state index contributed by atoms with van der Waals surface area (Å²) in [7, 11) is 1.81. The third-order valence-corrected chi connectivity index (χ3v) is 6.34. The van der Waals surface area contributed by atoms with Crippen LogP contribution in [0.1, 0.15) is 35.7 Å². The molecular formula is C25H32Cl2N4O2. The minimum atomic E-state index is -0.0639. The zero-order valence-electron chi connectivity index (χ0n) is 19.3. The Morgan fingerprint density at radius 1 is 1.00 bits per heavy atom. The predicted octanol–water partition coefficient (Wildman–Crippen LogP) is 4.30. The maximum Gasteiger partial charge on any atom is 0.253 e. The molecule has 1 saturated heterocycles. The van der Waals surface area contributed by atoms with E-state index in [1.54, 1.807) is 30.0 Å². The number of nitrogens with zero attached hydrogens (tertiary/aromatic N) is 3. The number of hydrogen-bond donors (Lipinski definition) is 1. The molecule has 0 bridgehead atoms. The Morgan fingerprint density at radius 3 is 2.33 bits per heavy atom. The Balaban J connectivity index is 1.40. The summed E-state index contributed by atoms with van der Waals surface area (Å²) in [5.41, 5.74) is 2.87. The highest BCUT2D eigenvalue weighted by atomic mass is 35.5. The summed E-state index contributed by atoms with van der Waals surface area (Å²) in [4.78, 5) is 30.5. The van der Waals surface area contributed by atoms with Crippen molar-refractivity contribution in [3.63, 3.8) is 0 Å². The van der Waals surface area contributed by atoms with E-state index in [1.807, 2.05) is 19.2 Å².